The molecule has 1 aromatic rings. The van der Waals surface area contributed by atoms with Crippen molar-refractivity contribution in [3.63, 3.8) is 0 Å². The number of hydrogen-bond acceptors (Lipinski definition) is 3. The lowest BCUT2D eigenvalue weighted by molar-refractivity contribution is -0.130. The fraction of sp³-hybridized carbons (Fsp3) is 0.579. The number of ether oxygens (including phenoxy) is 1. The van der Waals surface area contributed by atoms with Crippen LogP contribution in [0.1, 0.15) is 39.0 Å². The number of urea groups is 1. The molecule has 0 aliphatic carbocycles. The van der Waals surface area contributed by atoms with Gasteiger partial charge < -0.3 is 19.9 Å². The zero-order valence-corrected chi connectivity index (χ0v) is 15.3. The third-order valence-corrected chi connectivity index (χ3v) is 4.41. The predicted octanol–water partition coefficient (Wildman–Crippen LogP) is 3.34. The maximum absolute atomic E-state index is 12.7. The number of hydrogen-bond donors (Lipinski definition) is 1. The topological polar surface area (TPSA) is 61.9 Å². The predicted molar refractivity (Wildman–Crippen MR) is 98.9 cm³/mol. The van der Waals surface area contributed by atoms with Crippen LogP contribution in [-0.4, -0.2) is 55.0 Å². The molecule has 1 aliphatic heterocycles. The minimum absolute atomic E-state index is 0.0921. The van der Waals surface area contributed by atoms with Gasteiger partial charge in [-0.1, -0.05) is 25.0 Å². The number of amides is 3. The van der Waals surface area contributed by atoms with Gasteiger partial charge >= 0.3 is 6.03 Å². The number of nitrogens with one attached hydrogen (secondary N) is 1. The number of rotatable bonds is 3. The molecule has 0 atom stereocenters. The van der Waals surface area contributed by atoms with Crippen LogP contribution < -0.4 is 10.1 Å². The number of para-hydroxylation sites is 2. The van der Waals surface area contributed by atoms with Gasteiger partial charge in [-0.25, -0.2) is 4.79 Å². The summed E-state index contributed by atoms with van der Waals surface area (Å²) in [6.07, 6.45) is 4.49. The monoisotopic (exact) mass is 347 g/mol. The van der Waals surface area contributed by atoms with Crippen molar-refractivity contribution in [2.24, 2.45) is 0 Å². The molecule has 0 spiro atoms. The molecule has 1 heterocycles. The van der Waals surface area contributed by atoms with E-state index in [2.05, 4.69) is 5.32 Å². The van der Waals surface area contributed by atoms with Crippen LogP contribution in [0.5, 0.6) is 5.75 Å². The second kappa shape index (κ2) is 9.91. The molecule has 1 aromatic carbocycles. The van der Waals surface area contributed by atoms with Gasteiger partial charge in [0.05, 0.1) is 12.3 Å². The summed E-state index contributed by atoms with van der Waals surface area (Å²) in [6, 6.07) is 7.23. The smallest absolute Gasteiger partial charge is 0.321 e. The van der Waals surface area contributed by atoms with Gasteiger partial charge in [-0.15, -0.1) is 0 Å². The van der Waals surface area contributed by atoms with E-state index in [9.17, 15) is 9.59 Å². The van der Waals surface area contributed by atoms with Crippen molar-refractivity contribution in [2.75, 3.05) is 38.6 Å². The largest absolute Gasteiger partial charge is 0.492 e. The molecule has 1 N–H and O–H groups in total. The van der Waals surface area contributed by atoms with Crippen LogP contribution >= 0.6 is 0 Å². The Morgan fingerprint density at radius 3 is 2.60 bits per heavy atom. The van der Waals surface area contributed by atoms with Gasteiger partial charge in [-0.05, 0) is 31.9 Å². The first-order chi connectivity index (χ1) is 12.1. The van der Waals surface area contributed by atoms with Crippen molar-refractivity contribution < 1.29 is 14.3 Å². The Morgan fingerprint density at radius 1 is 1.12 bits per heavy atom. The van der Waals surface area contributed by atoms with Gasteiger partial charge in [0, 0.05) is 33.1 Å². The van der Waals surface area contributed by atoms with E-state index in [1.165, 1.54) is 0 Å². The van der Waals surface area contributed by atoms with Crippen molar-refractivity contribution in [3.05, 3.63) is 24.3 Å². The highest BCUT2D eigenvalue weighted by molar-refractivity contribution is 5.91. The number of nitrogens with zero attached hydrogens (tertiary/aromatic N) is 2. The molecule has 2 rings (SSSR count). The highest BCUT2D eigenvalue weighted by Crippen LogP contribution is 2.24. The van der Waals surface area contributed by atoms with E-state index in [-0.39, 0.29) is 11.9 Å². The lowest BCUT2D eigenvalue weighted by atomic mass is 10.2. The van der Waals surface area contributed by atoms with Gasteiger partial charge in [-0.2, -0.15) is 0 Å². The van der Waals surface area contributed by atoms with Gasteiger partial charge in [0.2, 0.25) is 5.91 Å². The van der Waals surface area contributed by atoms with Crippen LogP contribution in [0.15, 0.2) is 24.3 Å². The molecule has 1 saturated heterocycles. The zero-order chi connectivity index (χ0) is 18.1. The standard InChI is InChI=1S/C19H29N3O3/c1-3-25-17-11-7-6-10-16(17)20-19(24)22-14-9-5-4-8-13-21(2)18(23)12-15-22/h6-7,10-11H,3-5,8-9,12-15H2,1-2H3,(H,20,24). The summed E-state index contributed by atoms with van der Waals surface area (Å²) in [5, 5.41) is 2.93. The van der Waals surface area contributed by atoms with Gasteiger partial charge in [-0.3, -0.25) is 4.79 Å². The fourth-order valence-corrected chi connectivity index (χ4v) is 2.91. The maximum atomic E-state index is 12.7. The third-order valence-electron chi connectivity index (χ3n) is 4.41. The van der Waals surface area contributed by atoms with Gasteiger partial charge in [0.25, 0.3) is 0 Å². The highest BCUT2D eigenvalue weighted by Gasteiger charge is 2.18. The van der Waals surface area contributed by atoms with Crippen LogP contribution in [0.3, 0.4) is 0 Å². The van der Waals surface area contributed by atoms with E-state index < -0.39 is 0 Å². The fourth-order valence-electron chi connectivity index (χ4n) is 2.91. The van der Waals surface area contributed by atoms with Crippen molar-refractivity contribution in [3.8, 4) is 5.75 Å². The Balaban J connectivity index is 2.03. The zero-order valence-electron chi connectivity index (χ0n) is 15.3. The molecule has 0 aromatic heterocycles. The molecule has 138 valence electrons. The van der Waals surface area contributed by atoms with E-state index in [4.69, 9.17) is 4.74 Å². The number of carbonyl (C=O) groups is 2. The van der Waals surface area contributed by atoms with Crippen LogP contribution in [0.4, 0.5) is 10.5 Å². The molecule has 0 saturated carbocycles. The molecular weight excluding hydrogens is 318 g/mol. The van der Waals surface area contributed by atoms with Crippen LogP contribution in [-0.2, 0) is 4.79 Å². The Hall–Kier alpha value is -2.24. The summed E-state index contributed by atoms with van der Waals surface area (Å²) in [4.78, 5) is 28.4. The molecule has 0 bridgehead atoms. The van der Waals surface area contributed by atoms with E-state index >= 15 is 0 Å². The first kappa shape index (κ1) is 19.1. The number of benzene rings is 1. The van der Waals surface area contributed by atoms with Crippen molar-refractivity contribution >= 4 is 17.6 Å². The Bertz CT molecular complexity index is 577. The summed E-state index contributed by atoms with van der Waals surface area (Å²) in [5.74, 6) is 0.751. The molecule has 1 aliphatic rings. The van der Waals surface area contributed by atoms with Crippen molar-refractivity contribution in [1.82, 2.24) is 9.80 Å². The molecule has 1 fully saturated rings. The average Bonchev–Trinajstić information content (AvgIpc) is 2.64. The summed E-state index contributed by atoms with van der Waals surface area (Å²) in [5.41, 5.74) is 0.659. The second-order valence-electron chi connectivity index (χ2n) is 6.33. The van der Waals surface area contributed by atoms with Crippen molar-refractivity contribution in [2.45, 2.75) is 39.0 Å². The SMILES string of the molecule is CCOc1ccccc1NC(=O)N1CCCCCCN(C)C(=O)CC1. The number of carbonyl (C=O) groups excluding carboxylic acids is 2. The molecule has 25 heavy (non-hydrogen) atoms. The van der Waals surface area contributed by atoms with Gasteiger partial charge in [0.15, 0.2) is 0 Å². The molecular formula is C19H29N3O3. The summed E-state index contributed by atoms with van der Waals surface area (Å²) in [6.45, 7) is 4.35. The van der Waals surface area contributed by atoms with E-state index in [1.54, 1.807) is 9.80 Å². The quantitative estimate of drug-likeness (QED) is 0.912. The molecule has 3 amide bonds. The Kier molecular flexibility index (Phi) is 7.57. The minimum Gasteiger partial charge on any atom is -0.492 e. The van der Waals surface area contributed by atoms with E-state index in [0.717, 1.165) is 32.2 Å². The highest BCUT2D eigenvalue weighted by atomic mass is 16.5. The number of anilines is 1. The Morgan fingerprint density at radius 2 is 1.84 bits per heavy atom. The van der Waals surface area contributed by atoms with Gasteiger partial charge in [0.1, 0.15) is 5.75 Å². The van der Waals surface area contributed by atoms with Crippen LogP contribution in [0.25, 0.3) is 0 Å². The molecule has 0 radical (unpaired) electrons. The molecule has 6 nitrogen and oxygen atoms in total. The lowest BCUT2D eigenvalue weighted by Gasteiger charge is -2.24. The van der Waals surface area contributed by atoms with E-state index in [1.807, 2.05) is 38.2 Å². The summed E-state index contributed by atoms with van der Waals surface area (Å²) < 4.78 is 5.56. The van der Waals surface area contributed by atoms with Crippen LogP contribution in [0.2, 0.25) is 0 Å². The van der Waals surface area contributed by atoms with E-state index in [0.29, 0.717) is 37.6 Å². The lowest BCUT2D eigenvalue weighted by Crippen LogP contribution is -2.39. The second-order valence-corrected chi connectivity index (χ2v) is 6.33. The first-order valence-electron chi connectivity index (χ1n) is 9.13. The Labute approximate surface area is 150 Å². The van der Waals surface area contributed by atoms with Crippen molar-refractivity contribution in [1.29, 1.82) is 0 Å². The summed E-state index contributed by atoms with van der Waals surface area (Å²) >= 11 is 0. The average molecular weight is 347 g/mol. The summed E-state index contributed by atoms with van der Waals surface area (Å²) in [7, 11) is 1.84. The molecule has 6 heteroatoms. The van der Waals surface area contributed by atoms with Crippen LogP contribution in [0, 0.1) is 0 Å². The molecule has 0 unspecified atom stereocenters. The normalized spacial score (nSPS) is 17.0. The third kappa shape index (κ3) is 5.96. The maximum Gasteiger partial charge on any atom is 0.321 e. The minimum atomic E-state index is -0.179. The first-order valence-corrected chi connectivity index (χ1v) is 9.13.